The number of likely N-dealkylation sites (N-methyl/N-ethyl adjacent to an activating group) is 1. The van der Waals surface area contributed by atoms with Gasteiger partial charge in [-0.05, 0) is 25.5 Å². The number of fused-ring (bicyclic) bond motifs is 1. The van der Waals surface area contributed by atoms with Crippen molar-refractivity contribution in [3.63, 3.8) is 0 Å². The molecule has 2 N–H and O–H groups in total. The second kappa shape index (κ2) is 4.22. The minimum absolute atomic E-state index is 0.155. The van der Waals surface area contributed by atoms with E-state index in [0.29, 0.717) is 18.9 Å². The minimum atomic E-state index is 0.155. The van der Waals surface area contributed by atoms with E-state index >= 15 is 0 Å². The summed E-state index contributed by atoms with van der Waals surface area (Å²) in [5.41, 5.74) is 8.58. The summed E-state index contributed by atoms with van der Waals surface area (Å²) in [4.78, 5) is 22.2. The fourth-order valence-electron chi connectivity index (χ4n) is 2.65. The number of amides is 1. The van der Waals surface area contributed by atoms with Gasteiger partial charge in [-0.25, -0.2) is 9.97 Å². The van der Waals surface area contributed by atoms with Crippen molar-refractivity contribution >= 4 is 23.0 Å². The average Bonchev–Trinajstić information content (AvgIpc) is 2.68. The van der Waals surface area contributed by atoms with E-state index in [1.54, 1.807) is 4.90 Å². The lowest BCUT2D eigenvalue weighted by atomic mass is 10.1. The monoisotopic (exact) mass is 259 g/mol. The molecule has 0 spiro atoms. The number of nitrogens with two attached hydrogens (primary N) is 1. The van der Waals surface area contributed by atoms with Gasteiger partial charge in [0.25, 0.3) is 0 Å². The lowest BCUT2D eigenvalue weighted by molar-refractivity contribution is -0.132. The Labute approximate surface area is 111 Å². The molecular formula is C13H17N5O. The summed E-state index contributed by atoms with van der Waals surface area (Å²) < 4.78 is 1.96. The molecule has 1 saturated heterocycles. The Morgan fingerprint density at radius 2 is 2.16 bits per heavy atom. The second-order valence-electron chi connectivity index (χ2n) is 5.10. The van der Waals surface area contributed by atoms with Crippen LogP contribution in [0.15, 0.2) is 12.1 Å². The fourth-order valence-corrected chi connectivity index (χ4v) is 2.65. The van der Waals surface area contributed by atoms with E-state index in [0.717, 1.165) is 23.3 Å². The zero-order valence-corrected chi connectivity index (χ0v) is 11.1. The fraction of sp³-hybridized carbons (Fsp3) is 0.462. The van der Waals surface area contributed by atoms with E-state index in [1.807, 2.05) is 30.7 Å². The standard InChI is InChI=1S/C13H17N5O/c1-8-3-5-10-12(15-8)18(13(14)16-10)9-4-6-11(19)17(2)7-9/h3,5,9H,4,6-7H2,1-2H3,(H2,14,16). The van der Waals surface area contributed by atoms with E-state index in [2.05, 4.69) is 9.97 Å². The van der Waals surface area contributed by atoms with E-state index in [4.69, 9.17) is 5.73 Å². The van der Waals surface area contributed by atoms with Crippen LogP contribution >= 0.6 is 0 Å². The highest BCUT2D eigenvalue weighted by molar-refractivity contribution is 5.77. The molecule has 1 fully saturated rings. The van der Waals surface area contributed by atoms with Crippen LogP contribution in [-0.2, 0) is 4.79 Å². The number of hydrogen-bond donors (Lipinski definition) is 1. The molecule has 0 bridgehead atoms. The first-order valence-corrected chi connectivity index (χ1v) is 6.41. The van der Waals surface area contributed by atoms with Crippen molar-refractivity contribution in [1.29, 1.82) is 0 Å². The number of carbonyl (C=O) groups excluding carboxylic acids is 1. The summed E-state index contributed by atoms with van der Waals surface area (Å²) in [7, 11) is 1.82. The number of aromatic nitrogens is 3. The Balaban J connectivity index is 2.07. The molecule has 0 aliphatic carbocycles. The summed E-state index contributed by atoms with van der Waals surface area (Å²) in [6.07, 6.45) is 1.33. The normalized spacial score (nSPS) is 20.2. The van der Waals surface area contributed by atoms with Crippen LogP contribution in [0.3, 0.4) is 0 Å². The molecule has 3 heterocycles. The second-order valence-corrected chi connectivity index (χ2v) is 5.10. The first-order valence-electron chi connectivity index (χ1n) is 6.41. The lowest BCUT2D eigenvalue weighted by Gasteiger charge is -2.30. The number of nitrogen functional groups attached to an aromatic ring is 1. The van der Waals surface area contributed by atoms with Gasteiger partial charge in [0.15, 0.2) is 5.65 Å². The summed E-state index contributed by atoms with van der Waals surface area (Å²) in [6, 6.07) is 4.01. The zero-order valence-electron chi connectivity index (χ0n) is 11.1. The Hall–Kier alpha value is -2.11. The highest BCUT2D eigenvalue weighted by atomic mass is 16.2. The van der Waals surface area contributed by atoms with E-state index < -0.39 is 0 Å². The van der Waals surface area contributed by atoms with Gasteiger partial charge in [-0.15, -0.1) is 0 Å². The van der Waals surface area contributed by atoms with Gasteiger partial charge in [0.05, 0.1) is 6.04 Å². The molecule has 3 rings (SSSR count). The Kier molecular flexibility index (Phi) is 2.66. The molecule has 6 heteroatoms. The third kappa shape index (κ3) is 1.93. The van der Waals surface area contributed by atoms with Crippen LogP contribution in [0.2, 0.25) is 0 Å². The molecule has 100 valence electrons. The van der Waals surface area contributed by atoms with E-state index in [-0.39, 0.29) is 11.9 Å². The molecule has 0 aromatic carbocycles. The van der Waals surface area contributed by atoms with Gasteiger partial charge < -0.3 is 10.6 Å². The highest BCUT2D eigenvalue weighted by Gasteiger charge is 2.27. The number of nitrogens with zero attached hydrogens (tertiary/aromatic N) is 4. The van der Waals surface area contributed by atoms with Crippen LogP contribution in [0.5, 0.6) is 0 Å². The van der Waals surface area contributed by atoms with Crippen molar-refractivity contribution in [2.45, 2.75) is 25.8 Å². The van der Waals surface area contributed by atoms with E-state index in [1.165, 1.54) is 0 Å². The number of pyridine rings is 1. The van der Waals surface area contributed by atoms with Gasteiger partial charge in [-0.3, -0.25) is 9.36 Å². The summed E-state index contributed by atoms with van der Waals surface area (Å²) in [5.74, 6) is 0.657. The molecular weight excluding hydrogens is 242 g/mol. The Morgan fingerprint density at radius 1 is 1.37 bits per heavy atom. The van der Waals surface area contributed by atoms with Crippen molar-refractivity contribution < 1.29 is 4.79 Å². The van der Waals surface area contributed by atoms with Crippen molar-refractivity contribution in [2.24, 2.45) is 0 Å². The average molecular weight is 259 g/mol. The first-order chi connectivity index (χ1) is 9.06. The maximum atomic E-state index is 11.6. The molecule has 1 aliphatic rings. The SMILES string of the molecule is Cc1ccc2nc(N)n(C3CCC(=O)N(C)C3)c2n1. The molecule has 2 aromatic heterocycles. The topological polar surface area (TPSA) is 77.0 Å². The van der Waals surface area contributed by atoms with Crippen molar-refractivity contribution in [3.05, 3.63) is 17.8 Å². The van der Waals surface area contributed by atoms with Gasteiger partial charge in [0.1, 0.15) is 5.52 Å². The van der Waals surface area contributed by atoms with Gasteiger partial charge in [0, 0.05) is 25.7 Å². The van der Waals surface area contributed by atoms with Crippen molar-refractivity contribution in [1.82, 2.24) is 19.4 Å². The summed E-state index contributed by atoms with van der Waals surface area (Å²) in [6.45, 7) is 2.60. The van der Waals surface area contributed by atoms with Crippen LogP contribution < -0.4 is 5.73 Å². The van der Waals surface area contributed by atoms with Crippen LogP contribution in [0, 0.1) is 6.92 Å². The number of likely N-dealkylation sites (tertiary alicyclic amines) is 1. The number of imidazole rings is 1. The molecule has 1 amide bonds. The lowest BCUT2D eigenvalue weighted by Crippen LogP contribution is -2.38. The molecule has 6 nitrogen and oxygen atoms in total. The Bertz CT molecular complexity index is 648. The highest BCUT2D eigenvalue weighted by Crippen LogP contribution is 2.28. The van der Waals surface area contributed by atoms with Gasteiger partial charge in [-0.2, -0.15) is 0 Å². The van der Waals surface area contributed by atoms with Crippen LogP contribution in [0.4, 0.5) is 5.95 Å². The van der Waals surface area contributed by atoms with E-state index in [9.17, 15) is 4.79 Å². The van der Waals surface area contributed by atoms with Crippen LogP contribution in [-0.4, -0.2) is 38.9 Å². The first kappa shape index (κ1) is 12.0. The summed E-state index contributed by atoms with van der Waals surface area (Å²) >= 11 is 0. The predicted molar refractivity (Wildman–Crippen MR) is 72.6 cm³/mol. The van der Waals surface area contributed by atoms with Gasteiger partial charge in [0.2, 0.25) is 11.9 Å². The maximum absolute atomic E-state index is 11.6. The third-order valence-corrected chi connectivity index (χ3v) is 3.67. The van der Waals surface area contributed by atoms with Gasteiger partial charge in [-0.1, -0.05) is 0 Å². The third-order valence-electron chi connectivity index (χ3n) is 3.67. The van der Waals surface area contributed by atoms with Crippen LogP contribution in [0.1, 0.15) is 24.6 Å². The van der Waals surface area contributed by atoms with Crippen molar-refractivity contribution in [2.75, 3.05) is 19.3 Å². The molecule has 19 heavy (non-hydrogen) atoms. The molecule has 2 aromatic rings. The van der Waals surface area contributed by atoms with Gasteiger partial charge >= 0.3 is 0 Å². The molecule has 1 aliphatic heterocycles. The number of anilines is 1. The quantitative estimate of drug-likeness (QED) is 0.832. The van der Waals surface area contributed by atoms with Crippen LogP contribution in [0.25, 0.3) is 11.2 Å². The van der Waals surface area contributed by atoms with Crippen molar-refractivity contribution in [3.8, 4) is 0 Å². The largest absolute Gasteiger partial charge is 0.369 e. The number of piperidine rings is 1. The minimum Gasteiger partial charge on any atom is -0.369 e. The molecule has 1 unspecified atom stereocenters. The maximum Gasteiger partial charge on any atom is 0.222 e. The number of carbonyl (C=O) groups is 1. The number of hydrogen-bond acceptors (Lipinski definition) is 4. The number of aryl methyl sites for hydroxylation is 1. The molecule has 0 radical (unpaired) electrons. The summed E-state index contributed by atoms with van der Waals surface area (Å²) in [5, 5.41) is 0. The molecule has 0 saturated carbocycles. The smallest absolute Gasteiger partial charge is 0.222 e. The number of rotatable bonds is 1. The zero-order chi connectivity index (χ0) is 13.6. The predicted octanol–water partition coefficient (Wildman–Crippen LogP) is 1.12. The Morgan fingerprint density at radius 3 is 2.89 bits per heavy atom. The molecule has 1 atom stereocenters.